The first kappa shape index (κ1) is 14.9. The molecule has 0 bridgehead atoms. The van der Waals surface area contributed by atoms with Gasteiger partial charge in [-0.2, -0.15) is 0 Å². The average molecular weight is 310 g/mol. The summed E-state index contributed by atoms with van der Waals surface area (Å²) in [7, 11) is 0. The maximum absolute atomic E-state index is 11.6. The number of aromatic nitrogens is 2. The number of urea groups is 1. The maximum atomic E-state index is 11.6. The molecule has 0 fully saturated rings. The Hall–Kier alpha value is -1.47. The van der Waals surface area contributed by atoms with Gasteiger partial charge < -0.3 is 10.6 Å². The lowest BCUT2D eigenvalue weighted by Gasteiger charge is -2.05. The first-order valence-corrected chi connectivity index (χ1v) is 8.10. The van der Waals surface area contributed by atoms with Crippen molar-refractivity contribution in [2.45, 2.75) is 33.7 Å². The van der Waals surface area contributed by atoms with Crippen molar-refractivity contribution in [3.63, 3.8) is 0 Å². The van der Waals surface area contributed by atoms with Gasteiger partial charge in [-0.1, -0.05) is 0 Å². The van der Waals surface area contributed by atoms with Crippen LogP contribution in [-0.2, 0) is 13.0 Å². The quantitative estimate of drug-likeness (QED) is 0.892. The minimum Gasteiger partial charge on any atom is -0.338 e. The van der Waals surface area contributed by atoms with Crippen LogP contribution in [0, 0.1) is 20.8 Å². The van der Waals surface area contributed by atoms with Gasteiger partial charge in [0.1, 0.15) is 0 Å². The van der Waals surface area contributed by atoms with Gasteiger partial charge in [0.05, 0.1) is 27.9 Å². The van der Waals surface area contributed by atoms with Crippen molar-refractivity contribution in [1.82, 2.24) is 20.6 Å². The number of rotatable bonds is 5. The summed E-state index contributed by atoms with van der Waals surface area (Å²) in [6, 6.07) is -0.158. The molecule has 2 aromatic rings. The Morgan fingerprint density at radius 1 is 1.20 bits per heavy atom. The third-order valence-electron chi connectivity index (χ3n) is 2.73. The molecule has 2 N–H and O–H groups in total. The van der Waals surface area contributed by atoms with E-state index in [1.54, 1.807) is 22.7 Å². The normalized spacial score (nSPS) is 10.6. The summed E-state index contributed by atoms with van der Waals surface area (Å²) in [5, 5.41) is 9.69. The van der Waals surface area contributed by atoms with Crippen molar-refractivity contribution in [1.29, 1.82) is 0 Å². The van der Waals surface area contributed by atoms with Gasteiger partial charge in [0.15, 0.2) is 0 Å². The zero-order valence-electron chi connectivity index (χ0n) is 11.8. The van der Waals surface area contributed by atoms with Gasteiger partial charge in [0.25, 0.3) is 0 Å². The molecule has 2 aromatic heterocycles. The van der Waals surface area contributed by atoms with Crippen molar-refractivity contribution in [2.24, 2.45) is 0 Å². The number of hydrogen-bond acceptors (Lipinski definition) is 5. The fraction of sp³-hybridized carbons (Fsp3) is 0.462. The second-order valence-corrected chi connectivity index (χ2v) is 6.81. The second-order valence-electron chi connectivity index (χ2n) is 4.46. The fourth-order valence-electron chi connectivity index (χ4n) is 1.82. The van der Waals surface area contributed by atoms with E-state index in [1.165, 1.54) is 4.88 Å². The third-order valence-corrected chi connectivity index (χ3v) is 4.69. The highest BCUT2D eigenvalue weighted by Crippen LogP contribution is 2.16. The molecule has 2 rings (SSSR count). The number of nitrogens with zero attached hydrogens (tertiary/aromatic N) is 2. The molecular formula is C13H18N4OS2. The fourth-order valence-corrected chi connectivity index (χ4v) is 3.37. The number of nitrogens with one attached hydrogen (secondary N) is 2. The van der Waals surface area contributed by atoms with Crippen molar-refractivity contribution < 1.29 is 4.79 Å². The molecule has 0 aromatic carbocycles. The lowest BCUT2D eigenvalue weighted by Crippen LogP contribution is -2.36. The van der Waals surface area contributed by atoms with Crippen molar-refractivity contribution in [3.8, 4) is 0 Å². The number of thiazole rings is 2. The Balaban J connectivity index is 1.69. The molecule has 0 aliphatic heterocycles. The van der Waals surface area contributed by atoms with Gasteiger partial charge in [0, 0.05) is 23.2 Å². The zero-order valence-corrected chi connectivity index (χ0v) is 13.5. The Bertz CT molecular complexity index is 591. The van der Waals surface area contributed by atoms with E-state index in [4.69, 9.17) is 0 Å². The Morgan fingerprint density at radius 2 is 2.00 bits per heavy atom. The summed E-state index contributed by atoms with van der Waals surface area (Å²) in [5.41, 5.74) is 1.96. The average Bonchev–Trinajstić information content (AvgIpc) is 2.93. The summed E-state index contributed by atoms with van der Waals surface area (Å²) < 4.78 is 0. The van der Waals surface area contributed by atoms with Crippen LogP contribution in [0.15, 0.2) is 5.38 Å². The van der Waals surface area contributed by atoms with Gasteiger partial charge >= 0.3 is 6.03 Å². The van der Waals surface area contributed by atoms with Crippen LogP contribution in [0.1, 0.15) is 26.3 Å². The maximum Gasteiger partial charge on any atom is 0.315 e. The van der Waals surface area contributed by atoms with Crippen LogP contribution in [0.4, 0.5) is 4.79 Å². The molecule has 2 amide bonds. The summed E-state index contributed by atoms with van der Waals surface area (Å²) in [6.07, 6.45) is 0.820. The Morgan fingerprint density at radius 3 is 2.60 bits per heavy atom. The van der Waals surface area contributed by atoms with Crippen LogP contribution in [0.3, 0.4) is 0 Å². The van der Waals surface area contributed by atoms with Crippen LogP contribution < -0.4 is 10.6 Å². The predicted octanol–water partition coefficient (Wildman–Crippen LogP) is 2.57. The molecular weight excluding hydrogens is 292 g/mol. The number of carbonyl (C=O) groups excluding carboxylic acids is 1. The number of amides is 2. The zero-order chi connectivity index (χ0) is 14.5. The first-order chi connectivity index (χ1) is 9.54. The summed E-state index contributed by atoms with van der Waals surface area (Å²) >= 11 is 3.27. The highest BCUT2D eigenvalue weighted by atomic mass is 32.1. The highest BCUT2D eigenvalue weighted by Gasteiger charge is 2.06. The molecule has 0 spiro atoms. The molecule has 0 atom stereocenters. The van der Waals surface area contributed by atoms with Crippen LogP contribution in [-0.4, -0.2) is 22.5 Å². The van der Waals surface area contributed by atoms with Crippen LogP contribution in [0.25, 0.3) is 0 Å². The summed E-state index contributed by atoms with van der Waals surface area (Å²) in [4.78, 5) is 21.5. The van der Waals surface area contributed by atoms with E-state index in [-0.39, 0.29) is 6.03 Å². The van der Waals surface area contributed by atoms with Gasteiger partial charge in [-0.05, 0) is 20.8 Å². The molecule has 0 radical (unpaired) electrons. The lowest BCUT2D eigenvalue weighted by atomic mass is 10.3. The van der Waals surface area contributed by atoms with Gasteiger partial charge in [-0.15, -0.1) is 22.7 Å². The van der Waals surface area contributed by atoms with Gasteiger partial charge in [-0.25, -0.2) is 14.8 Å². The number of hydrogen-bond donors (Lipinski definition) is 2. The minimum absolute atomic E-state index is 0.158. The van der Waals surface area contributed by atoms with E-state index in [1.807, 2.05) is 26.2 Å². The van der Waals surface area contributed by atoms with Crippen LogP contribution in [0.5, 0.6) is 0 Å². The highest BCUT2D eigenvalue weighted by molar-refractivity contribution is 7.11. The van der Waals surface area contributed by atoms with E-state index in [9.17, 15) is 4.79 Å². The van der Waals surface area contributed by atoms with E-state index >= 15 is 0 Å². The first-order valence-electron chi connectivity index (χ1n) is 6.40. The lowest BCUT2D eigenvalue weighted by molar-refractivity contribution is 0.240. The minimum atomic E-state index is -0.158. The van der Waals surface area contributed by atoms with E-state index < -0.39 is 0 Å². The molecule has 0 saturated heterocycles. The second kappa shape index (κ2) is 6.81. The molecule has 20 heavy (non-hydrogen) atoms. The van der Waals surface area contributed by atoms with Crippen molar-refractivity contribution in [2.75, 3.05) is 6.54 Å². The van der Waals surface area contributed by atoms with E-state index in [0.29, 0.717) is 13.1 Å². The topological polar surface area (TPSA) is 66.9 Å². The molecule has 0 aliphatic rings. The van der Waals surface area contributed by atoms with Crippen molar-refractivity contribution >= 4 is 28.7 Å². The van der Waals surface area contributed by atoms with E-state index in [2.05, 4.69) is 20.6 Å². The number of aryl methyl sites for hydroxylation is 3. The Labute approximate surface area is 126 Å². The molecule has 108 valence electrons. The number of carbonyl (C=O) groups is 1. The van der Waals surface area contributed by atoms with Crippen molar-refractivity contribution in [3.05, 3.63) is 31.7 Å². The molecule has 5 nitrogen and oxygen atoms in total. The molecule has 0 unspecified atom stereocenters. The third kappa shape index (κ3) is 4.28. The summed E-state index contributed by atoms with van der Waals surface area (Å²) in [5.74, 6) is 0. The van der Waals surface area contributed by atoms with E-state index in [0.717, 1.165) is 27.8 Å². The largest absolute Gasteiger partial charge is 0.338 e. The predicted molar refractivity (Wildman–Crippen MR) is 82.4 cm³/mol. The van der Waals surface area contributed by atoms with Gasteiger partial charge in [-0.3, -0.25) is 0 Å². The smallest absolute Gasteiger partial charge is 0.315 e. The molecule has 0 saturated carbocycles. The molecule has 7 heteroatoms. The Kier molecular flexibility index (Phi) is 5.08. The molecule has 0 aliphatic carbocycles. The monoisotopic (exact) mass is 310 g/mol. The summed E-state index contributed by atoms with van der Waals surface area (Å²) in [6.45, 7) is 7.04. The molecule has 2 heterocycles. The van der Waals surface area contributed by atoms with Crippen LogP contribution in [0.2, 0.25) is 0 Å². The van der Waals surface area contributed by atoms with Crippen LogP contribution >= 0.6 is 22.7 Å². The standard InChI is InChI=1S/C13H18N4OS2/c1-8-12(20-10(3)16-8)4-5-14-13(18)15-6-11-7-19-9(2)17-11/h7H,4-6H2,1-3H3,(H2,14,15,18). The SMILES string of the molecule is Cc1nc(CNC(=O)NCCc2sc(C)nc2C)cs1. The van der Waals surface area contributed by atoms with Gasteiger partial charge in [0.2, 0.25) is 0 Å².